The van der Waals surface area contributed by atoms with Crippen LogP contribution in [0.5, 0.6) is 0 Å². The Morgan fingerprint density at radius 1 is 1.55 bits per heavy atom. The number of likely N-dealkylation sites (N-methyl/N-ethyl adjacent to an activating group) is 1. The smallest absolute Gasteiger partial charge is 0.239 e. The van der Waals surface area contributed by atoms with Gasteiger partial charge < -0.3 is 20.1 Å². The molecule has 0 fully saturated rings. The number of carbonyl (C=O) groups is 1. The standard InChI is InChI=1S/C14H23N3O3/c1-4-13(18)12-6-5-11(9-16-12)17(2)10-14(19)15-7-8-20-3/h5-6,9,13,18H,4,7-8,10H2,1-3H3,(H,15,19)/t13-/m0/s1. The van der Waals surface area contributed by atoms with Crippen molar-refractivity contribution in [3.05, 3.63) is 24.0 Å². The Hall–Kier alpha value is -1.66. The number of nitrogens with one attached hydrogen (secondary N) is 1. The van der Waals surface area contributed by atoms with Gasteiger partial charge in [-0.1, -0.05) is 6.92 Å². The Morgan fingerprint density at radius 3 is 2.85 bits per heavy atom. The number of carbonyl (C=O) groups excluding carboxylic acids is 1. The lowest BCUT2D eigenvalue weighted by molar-refractivity contribution is -0.119. The average molecular weight is 281 g/mol. The molecule has 0 bridgehead atoms. The molecule has 0 unspecified atom stereocenters. The summed E-state index contributed by atoms with van der Waals surface area (Å²) in [5.41, 5.74) is 1.48. The second kappa shape index (κ2) is 8.50. The molecular weight excluding hydrogens is 258 g/mol. The SMILES string of the molecule is CC[C@H](O)c1ccc(N(C)CC(=O)NCCOC)cn1. The molecule has 0 saturated heterocycles. The predicted octanol–water partition coefficient (Wildman–Crippen LogP) is 0.724. The van der Waals surface area contributed by atoms with Crippen LogP contribution < -0.4 is 10.2 Å². The Bertz CT molecular complexity index is 409. The molecule has 20 heavy (non-hydrogen) atoms. The number of hydrogen-bond acceptors (Lipinski definition) is 5. The van der Waals surface area contributed by atoms with Gasteiger partial charge in [-0.05, 0) is 18.6 Å². The Kier molecular flexibility index (Phi) is 6.97. The molecule has 0 aliphatic heterocycles. The molecule has 0 saturated carbocycles. The zero-order valence-corrected chi connectivity index (χ0v) is 12.3. The van der Waals surface area contributed by atoms with Crippen LogP contribution in [0, 0.1) is 0 Å². The fourth-order valence-electron chi connectivity index (χ4n) is 1.68. The third-order valence-corrected chi connectivity index (χ3v) is 2.95. The molecule has 0 aromatic carbocycles. The molecule has 1 aromatic rings. The summed E-state index contributed by atoms with van der Waals surface area (Å²) in [6.07, 6.45) is 1.76. The van der Waals surface area contributed by atoms with E-state index in [1.54, 1.807) is 24.3 Å². The minimum atomic E-state index is -0.535. The Morgan fingerprint density at radius 2 is 2.30 bits per heavy atom. The molecule has 0 aliphatic rings. The van der Waals surface area contributed by atoms with Crippen LogP contribution in [-0.2, 0) is 9.53 Å². The van der Waals surface area contributed by atoms with E-state index in [1.165, 1.54) is 0 Å². The highest BCUT2D eigenvalue weighted by molar-refractivity contribution is 5.81. The number of anilines is 1. The van der Waals surface area contributed by atoms with Gasteiger partial charge in [0.1, 0.15) is 0 Å². The summed E-state index contributed by atoms with van der Waals surface area (Å²) in [4.78, 5) is 17.7. The van der Waals surface area contributed by atoms with Crippen LogP contribution >= 0.6 is 0 Å². The summed E-state index contributed by atoms with van der Waals surface area (Å²) in [7, 11) is 3.42. The van der Waals surface area contributed by atoms with Gasteiger partial charge in [0.05, 0.1) is 36.8 Å². The molecule has 0 radical (unpaired) electrons. The molecule has 0 aliphatic carbocycles. The van der Waals surface area contributed by atoms with Crippen LogP contribution in [-0.4, -0.2) is 49.9 Å². The topological polar surface area (TPSA) is 74.7 Å². The average Bonchev–Trinajstić information content (AvgIpc) is 2.46. The summed E-state index contributed by atoms with van der Waals surface area (Å²) in [5.74, 6) is -0.0674. The summed E-state index contributed by atoms with van der Waals surface area (Å²) in [6, 6.07) is 3.63. The van der Waals surface area contributed by atoms with E-state index in [0.717, 1.165) is 5.69 Å². The number of aliphatic hydroxyl groups is 1. The number of pyridine rings is 1. The van der Waals surface area contributed by atoms with Crippen molar-refractivity contribution >= 4 is 11.6 Å². The Balaban J connectivity index is 2.50. The van der Waals surface area contributed by atoms with Gasteiger partial charge in [-0.25, -0.2) is 0 Å². The first-order valence-corrected chi connectivity index (χ1v) is 6.69. The molecule has 1 aromatic heterocycles. The first-order valence-electron chi connectivity index (χ1n) is 6.69. The number of aliphatic hydroxyl groups excluding tert-OH is 1. The third-order valence-electron chi connectivity index (χ3n) is 2.95. The van der Waals surface area contributed by atoms with Gasteiger partial charge in [0, 0.05) is 20.7 Å². The quantitative estimate of drug-likeness (QED) is 0.687. The third kappa shape index (κ3) is 5.14. The maximum atomic E-state index is 11.7. The minimum absolute atomic E-state index is 0.0674. The molecule has 2 N–H and O–H groups in total. The first-order chi connectivity index (χ1) is 9.58. The fourth-order valence-corrected chi connectivity index (χ4v) is 1.68. The van der Waals surface area contributed by atoms with Gasteiger partial charge in [-0.3, -0.25) is 9.78 Å². The molecule has 112 valence electrons. The first kappa shape index (κ1) is 16.4. The monoisotopic (exact) mass is 281 g/mol. The van der Waals surface area contributed by atoms with Gasteiger partial charge in [-0.2, -0.15) is 0 Å². The lowest BCUT2D eigenvalue weighted by Crippen LogP contribution is -2.36. The maximum Gasteiger partial charge on any atom is 0.239 e. The van der Waals surface area contributed by atoms with Crippen molar-refractivity contribution in [1.29, 1.82) is 0 Å². The van der Waals surface area contributed by atoms with E-state index in [2.05, 4.69) is 10.3 Å². The van der Waals surface area contributed by atoms with Gasteiger partial charge >= 0.3 is 0 Å². The van der Waals surface area contributed by atoms with Crippen molar-refractivity contribution in [2.45, 2.75) is 19.4 Å². The second-order valence-corrected chi connectivity index (χ2v) is 4.56. The fraction of sp³-hybridized carbons (Fsp3) is 0.571. The van der Waals surface area contributed by atoms with Crippen LogP contribution in [0.3, 0.4) is 0 Å². The maximum absolute atomic E-state index is 11.7. The summed E-state index contributed by atoms with van der Waals surface area (Å²) >= 11 is 0. The van der Waals surface area contributed by atoms with Gasteiger partial charge in [0.25, 0.3) is 0 Å². The largest absolute Gasteiger partial charge is 0.387 e. The highest BCUT2D eigenvalue weighted by Crippen LogP contribution is 2.17. The van der Waals surface area contributed by atoms with E-state index in [9.17, 15) is 9.90 Å². The van der Waals surface area contributed by atoms with E-state index in [-0.39, 0.29) is 12.5 Å². The van der Waals surface area contributed by atoms with Gasteiger partial charge in [0.15, 0.2) is 0 Å². The van der Waals surface area contributed by atoms with E-state index < -0.39 is 6.10 Å². The number of aromatic nitrogens is 1. The van der Waals surface area contributed by atoms with E-state index in [0.29, 0.717) is 25.3 Å². The number of hydrogen-bond donors (Lipinski definition) is 2. The van der Waals surface area contributed by atoms with Crippen molar-refractivity contribution in [3.63, 3.8) is 0 Å². The van der Waals surface area contributed by atoms with Crippen molar-refractivity contribution in [3.8, 4) is 0 Å². The number of methoxy groups -OCH3 is 1. The Labute approximate surface area is 119 Å². The van der Waals surface area contributed by atoms with Crippen molar-refractivity contribution < 1.29 is 14.6 Å². The predicted molar refractivity (Wildman–Crippen MR) is 77.6 cm³/mol. The van der Waals surface area contributed by atoms with Crippen LogP contribution in [0.25, 0.3) is 0 Å². The highest BCUT2D eigenvalue weighted by Gasteiger charge is 2.10. The molecule has 6 nitrogen and oxygen atoms in total. The van der Waals surface area contributed by atoms with Crippen LogP contribution in [0.2, 0.25) is 0 Å². The van der Waals surface area contributed by atoms with Crippen LogP contribution in [0.15, 0.2) is 18.3 Å². The van der Waals surface area contributed by atoms with Crippen molar-refractivity contribution in [1.82, 2.24) is 10.3 Å². The van der Waals surface area contributed by atoms with Crippen molar-refractivity contribution in [2.75, 3.05) is 38.8 Å². The molecule has 1 atom stereocenters. The van der Waals surface area contributed by atoms with Gasteiger partial charge in [0.2, 0.25) is 5.91 Å². The number of amides is 1. The molecule has 6 heteroatoms. The summed E-state index contributed by atoms with van der Waals surface area (Å²) in [6.45, 7) is 3.15. The minimum Gasteiger partial charge on any atom is -0.387 e. The van der Waals surface area contributed by atoms with Crippen molar-refractivity contribution in [2.24, 2.45) is 0 Å². The molecule has 1 heterocycles. The molecule has 1 rings (SSSR count). The molecule has 0 spiro atoms. The van der Waals surface area contributed by atoms with Gasteiger partial charge in [-0.15, -0.1) is 0 Å². The van der Waals surface area contributed by atoms with E-state index in [4.69, 9.17) is 4.74 Å². The summed E-state index contributed by atoms with van der Waals surface area (Å²) < 4.78 is 4.87. The highest BCUT2D eigenvalue weighted by atomic mass is 16.5. The number of ether oxygens (including phenoxy) is 1. The number of rotatable bonds is 8. The second-order valence-electron chi connectivity index (χ2n) is 4.56. The number of nitrogens with zero attached hydrogens (tertiary/aromatic N) is 2. The zero-order valence-electron chi connectivity index (χ0n) is 12.3. The molecule has 1 amide bonds. The van der Waals surface area contributed by atoms with Crippen LogP contribution in [0.4, 0.5) is 5.69 Å². The zero-order chi connectivity index (χ0) is 15.0. The van der Waals surface area contributed by atoms with Crippen LogP contribution in [0.1, 0.15) is 25.1 Å². The van der Waals surface area contributed by atoms with E-state index >= 15 is 0 Å². The van der Waals surface area contributed by atoms with E-state index in [1.807, 2.05) is 20.0 Å². The lowest BCUT2D eigenvalue weighted by atomic mass is 10.2. The molecular formula is C14H23N3O3. The normalized spacial score (nSPS) is 12.0. The summed E-state index contributed by atoms with van der Waals surface area (Å²) in [5, 5.41) is 12.4. The lowest BCUT2D eigenvalue weighted by Gasteiger charge is -2.19.